The highest BCUT2D eigenvalue weighted by atomic mass is 32.2. The lowest BCUT2D eigenvalue weighted by molar-refractivity contribution is 0.174. The van der Waals surface area contributed by atoms with Crippen molar-refractivity contribution < 1.29 is 17.9 Å². The molecule has 0 fully saturated rings. The summed E-state index contributed by atoms with van der Waals surface area (Å²) in [6.07, 6.45) is 2.35. The van der Waals surface area contributed by atoms with Gasteiger partial charge in [-0.1, -0.05) is 0 Å². The number of hydrogen-bond donors (Lipinski definition) is 0. The minimum Gasteiger partial charge on any atom is -0.454 e. The SMILES string of the molecule is Cn1cnc2c1CN(S(=O)(=O)c1ccc3c(c1)OCO3)CC2. The van der Waals surface area contributed by atoms with E-state index in [0.717, 1.165) is 11.4 Å². The van der Waals surface area contributed by atoms with Crippen LogP contribution in [0.2, 0.25) is 0 Å². The molecular formula is C14H15N3O4S. The average Bonchev–Trinajstić information content (AvgIpc) is 3.13. The lowest BCUT2D eigenvalue weighted by Crippen LogP contribution is -2.36. The molecule has 0 aliphatic carbocycles. The number of nitrogens with zero attached hydrogens (tertiary/aromatic N) is 3. The van der Waals surface area contributed by atoms with Crippen molar-refractivity contribution in [2.75, 3.05) is 13.3 Å². The Morgan fingerprint density at radius 1 is 1.23 bits per heavy atom. The van der Waals surface area contributed by atoms with Crippen LogP contribution in [0.3, 0.4) is 0 Å². The van der Waals surface area contributed by atoms with Crippen molar-refractivity contribution in [3.05, 3.63) is 35.9 Å². The van der Waals surface area contributed by atoms with Gasteiger partial charge in [0.15, 0.2) is 11.5 Å². The lowest BCUT2D eigenvalue weighted by Gasteiger charge is -2.26. The maximum atomic E-state index is 12.8. The third-order valence-electron chi connectivity index (χ3n) is 4.05. The summed E-state index contributed by atoms with van der Waals surface area (Å²) >= 11 is 0. The Kier molecular flexibility index (Phi) is 2.92. The summed E-state index contributed by atoms with van der Waals surface area (Å²) in [4.78, 5) is 4.52. The molecular weight excluding hydrogens is 306 g/mol. The van der Waals surface area contributed by atoms with Gasteiger partial charge in [-0.15, -0.1) is 0 Å². The number of ether oxygens (including phenoxy) is 2. The fraction of sp³-hybridized carbons (Fsp3) is 0.357. The number of fused-ring (bicyclic) bond motifs is 2. The number of rotatable bonds is 2. The quantitative estimate of drug-likeness (QED) is 0.821. The van der Waals surface area contributed by atoms with Gasteiger partial charge in [0.2, 0.25) is 16.8 Å². The van der Waals surface area contributed by atoms with Gasteiger partial charge in [-0.2, -0.15) is 4.31 Å². The maximum absolute atomic E-state index is 12.8. The molecule has 0 saturated carbocycles. The van der Waals surface area contributed by atoms with Crippen molar-refractivity contribution in [1.29, 1.82) is 0 Å². The van der Waals surface area contributed by atoms with Crippen LogP contribution >= 0.6 is 0 Å². The maximum Gasteiger partial charge on any atom is 0.243 e. The minimum atomic E-state index is -3.56. The van der Waals surface area contributed by atoms with Crippen LogP contribution in [0.25, 0.3) is 0 Å². The highest BCUT2D eigenvalue weighted by Crippen LogP contribution is 2.35. The molecule has 0 atom stereocenters. The zero-order valence-corrected chi connectivity index (χ0v) is 12.8. The second-order valence-electron chi connectivity index (χ2n) is 5.35. The average molecular weight is 321 g/mol. The van der Waals surface area contributed by atoms with Gasteiger partial charge in [0.05, 0.1) is 29.2 Å². The number of hydrogen-bond acceptors (Lipinski definition) is 5. The van der Waals surface area contributed by atoms with Crippen molar-refractivity contribution in [2.24, 2.45) is 7.05 Å². The normalized spacial score (nSPS) is 17.5. The van der Waals surface area contributed by atoms with Crippen LogP contribution in [0.15, 0.2) is 29.4 Å². The number of aromatic nitrogens is 2. The zero-order valence-electron chi connectivity index (χ0n) is 12.0. The molecule has 116 valence electrons. The lowest BCUT2D eigenvalue weighted by atomic mass is 10.2. The van der Waals surface area contributed by atoms with E-state index in [1.54, 1.807) is 18.5 Å². The summed E-state index contributed by atoms with van der Waals surface area (Å²) in [5, 5.41) is 0. The van der Waals surface area contributed by atoms with E-state index in [0.29, 0.717) is 31.0 Å². The second kappa shape index (κ2) is 4.72. The van der Waals surface area contributed by atoms with Crippen LogP contribution in [0, 0.1) is 0 Å². The van der Waals surface area contributed by atoms with E-state index in [-0.39, 0.29) is 11.7 Å². The van der Waals surface area contributed by atoms with Crippen LogP contribution in [0.5, 0.6) is 11.5 Å². The number of aryl methyl sites for hydroxylation is 1. The van der Waals surface area contributed by atoms with E-state index in [9.17, 15) is 8.42 Å². The first-order valence-corrected chi connectivity index (χ1v) is 8.38. The Hall–Kier alpha value is -2.06. The van der Waals surface area contributed by atoms with Gasteiger partial charge in [0, 0.05) is 26.1 Å². The molecule has 0 amide bonds. The van der Waals surface area contributed by atoms with Gasteiger partial charge in [-0.3, -0.25) is 0 Å². The Labute approximate surface area is 128 Å². The van der Waals surface area contributed by atoms with E-state index in [2.05, 4.69) is 4.98 Å². The largest absolute Gasteiger partial charge is 0.454 e. The molecule has 2 aromatic rings. The Balaban J connectivity index is 1.68. The van der Waals surface area contributed by atoms with Crippen molar-refractivity contribution in [3.8, 4) is 11.5 Å². The van der Waals surface area contributed by atoms with Gasteiger partial charge in [0.25, 0.3) is 0 Å². The predicted octanol–water partition coefficient (Wildman–Crippen LogP) is 0.896. The summed E-state index contributed by atoms with van der Waals surface area (Å²) in [5.41, 5.74) is 1.91. The van der Waals surface area contributed by atoms with Gasteiger partial charge >= 0.3 is 0 Å². The fourth-order valence-corrected chi connectivity index (χ4v) is 4.20. The molecule has 0 bridgehead atoms. The van der Waals surface area contributed by atoms with Crippen LogP contribution in [-0.2, 0) is 30.0 Å². The Morgan fingerprint density at radius 3 is 2.91 bits per heavy atom. The molecule has 0 spiro atoms. The summed E-state index contributed by atoms with van der Waals surface area (Å²) < 4.78 is 39.5. The standard InChI is InChI=1S/C14H15N3O4S/c1-16-8-15-11-4-5-17(7-12(11)16)22(18,19)10-2-3-13-14(6-10)21-9-20-13/h2-3,6,8H,4-5,7,9H2,1H3. The van der Waals surface area contributed by atoms with Crippen LogP contribution in [-0.4, -0.2) is 35.6 Å². The van der Waals surface area contributed by atoms with Crippen molar-refractivity contribution in [3.63, 3.8) is 0 Å². The highest BCUT2D eigenvalue weighted by Gasteiger charge is 2.31. The first kappa shape index (κ1) is 13.6. The number of benzene rings is 1. The van der Waals surface area contributed by atoms with E-state index >= 15 is 0 Å². The van der Waals surface area contributed by atoms with Crippen molar-refractivity contribution in [2.45, 2.75) is 17.9 Å². The summed E-state index contributed by atoms with van der Waals surface area (Å²) in [7, 11) is -1.69. The van der Waals surface area contributed by atoms with E-state index in [1.807, 2.05) is 11.6 Å². The fourth-order valence-electron chi connectivity index (χ4n) is 2.78. The molecule has 3 heterocycles. The van der Waals surface area contributed by atoms with Crippen molar-refractivity contribution in [1.82, 2.24) is 13.9 Å². The predicted molar refractivity (Wildman–Crippen MR) is 77.1 cm³/mol. The summed E-state index contributed by atoms with van der Waals surface area (Å²) in [5.74, 6) is 1.05. The Bertz CT molecular complexity index is 844. The Morgan fingerprint density at radius 2 is 2.05 bits per heavy atom. The molecule has 1 aromatic heterocycles. The third-order valence-corrected chi connectivity index (χ3v) is 5.89. The molecule has 7 nitrogen and oxygen atoms in total. The van der Waals surface area contributed by atoms with Crippen LogP contribution in [0.4, 0.5) is 0 Å². The number of sulfonamides is 1. The molecule has 1 aromatic carbocycles. The first-order chi connectivity index (χ1) is 10.6. The zero-order chi connectivity index (χ0) is 15.3. The van der Waals surface area contributed by atoms with Crippen LogP contribution in [0.1, 0.15) is 11.4 Å². The molecule has 2 aliphatic rings. The monoisotopic (exact) mass is 321 g/mol. The smallest absolute Gasteiger partial charge is 0.243 e. The molecule has 22 heavy (non-hydrogen) atoms. The molecule has 0 radical (unpaired) electrons. The molecule has 0 unspecified atom stereocenters. The van der Waals surface area contributed by atoms with Crippen LogP contribution < -0.4 is 9.47 Å². The van der Waals surface area contributed by atoms with E-state index in [4.69, 9.17) is 9.47 Å². The van der Waals surface area contributed by atoms with E-state index < -0.39 is 10.0 Å². The minimum absolute atomic E-state index is 0.126. The topological polar surface area (TPSA) is 73.7 Å². The highest BCUT2D eigenvalue weighted by molar-refractivity contribution is 7.89. The summed E-state index contributed by atoms with van der Waals surface area (Å²) in [6.45, 7) is 0.893. The van der Waals surface area contributed by atoms with Gasteiger partial charge in [-0.25, -0.2) is 13.4 Å². The molecule has 8 heteroatoms. The molecule has 0 N–H and O–H groups in total. The van der Waals surface area contributed by atoms with Crippen molar-refractivity contribution >= 4 is 10.0 Å². The second-order valence-corrected chi connectivity index (χ2v) is 7.29. The first-order valence-electron chi connectivity index (χ1n) is 6.94. The van der Waals surface area contributed by atoms with Gasteiger partial charge in [-0.05, 0) is 12.1 Å². The van der Waals surface area contributed by atoms with Gasteiger partial charge in [0.1, 0.15) is 0 Å². The van der Waals surface area contributed by atoms with Gasteiger partial charge < -0.3 is 14.0 Å². The molecule has 0 saturated heterocycles. The summed E-state index contributed by atoms with van der Waals surface area (Å²) in [6, 6.07) is 4.71. The van der Waals surface area contributed by atoms with E-state index in [1.165, 1.54) is 10.4 Å². The molecule has 2 aliphatic heterocycles. The number of imidazole rings is 1. The third kappa shape index (κ3) is 1.98. The molecule has 4 rings (SSSR count).